The highest BCUT2D eigenvalue weighted by atomic mass is 32.2. The molecule has 0 aliphatic heterocycles. The third-order valence-corrected chi connectivity index (χ3v) is 9.72. The largest absolute Gasteiger partial charge is 0.290 e. The Hall–Kier alpha value is -1.28. The van der Waals surface area contributed by atoms with E-state index in [2.05, 4.69) is 44.2 Å². The number of hydrogen-bond acceptors (Lipinski definition) is 2. The minimum Gasteiger partial charge on any atom is -0.290 e. The fraction of sp³-hybridized carbons (Fsp3) is 0.560. The lowest BCUT2D eigenvalue weighted by Crippen LogP contribution is -2.49. The van der Waals surface area contributed by atoms with E-state index in [9.17, 15) is 4.79 Å². The monoisotopic (exact) mass is 378 g/mol. The number of thioether (sulfide) groups is 1. The van der Waals surface area contributed by atoms with E-state index >= 15 is 0 Å². The fourth-order valence-electron chi connectivity index (χ4n) is 7.03. The van der Waals surface area contributed by atoms with Crippen LogP contribution in [-0.2, 0) is 4.79 Å². The van der Waals surface area contributed by atoms with Crippen molar-refractivity contribution in [2.24, 2.45) is 28.6 Å². The molecule has 142 valence electrons. The van der Waals surface area contributed by atoms with Crippen molar-refractivity contribution in [1.29, 1.82) is 0 Å². The highest BCUT2D eigenvalue weighted by Gasteiger charge is 2.57. The summed E-state index contributed by atoms with van der Waals surface area (Å²) in [5.74, 6) is 2.63. The lowest BCUT2D eigenvalue weighted by molar-refractivity contribution is -0.111. The number of carbonyl (C=O) groups excluding carboxylic acids is 1. The average molecular weight is 379 g/mol. The molecule has 5 atom stereocenters. The highest BCUT2D eigenvalue weighted by Crippen LogP contribution is 2.67. The van der Waals surface area contributed by atoms with Gasteiger partial charge >= 0.3 is 0 Å². The Kier molecular flexibility index (Phi) is 4.20. The van der Waals surface area contributed by atoms with Crippen LogP contribution in [-0.4, -0.2) is 5.78 Å². The van der Waals surface area contributed by atoms with Crippen LogP contribution in [0.3, 0.4) is 0 Å². The van der Waals surface area contributed by atoms with Crippen molar-refractivity contribution in [3.8, 4) is 0 Å². The second kappa shape index (κ2) is 6.37. The van der Waals surface area contributed by atoms with E-state index < -0.39 is 0 Å². The van der Waals surface area contributed by atoms with E-state index in [4.69, 9.17) is 0 Å². The SMILES string of the molecule is C[C@@]12CCC[C@H]1[C@@H]1CCC3=CC(=O)C=C(Sc4ccccc4)[C@]3(C)[C@H]1CC2. The number of rotatable bonds is 2. The van der Waals surface area contributed by atoms with Gasteiger partial charge in [-0.3, -0.25) is 4.79 Å². The molecule has 0 spiro atoms. The van der Waals surface area contributed by atoms with Gasteiger partial charge in [-0.2, -0.15) is 0 Å². The van der Waals surface area contributed by atoms with Crippen LogP contribution >= 0.6 is 11.8 Å². The van der Waals surface area contributed by atoms with E-state index in [1.165, 1.54) is 53.9 Å². The summed E-state index contributed by atoms with van der Waals surface area (Å²) in [5, 5.41) is 0. The van der Waals surface area contributed by atoms with Crippen LogP contribution in [0, 0.1) is 28.6 Å². The number of carbonyl (C=O) groups is 1. The Balaban J connectivity index is 1.53. The number of allylic oxidation sites excluding steroid dienone is 4. The second-order valence-electron chi connectivity index (χ2n) is 9.70. The molecule has 1 aromatic rings. The maximum atomic E-state index is 12.5. The van der Waals surface area contributed by atoms with E-state index in [1.807, 2.05) is 23.9 Å². The Bertz CT molecular complexity index is 822. The van der Waals surface area contributed by atoms with Crippen LogP contribution in [0.4, 0.5) is 0 Å². The van der Waals surface area contributed by atoms with Crippen molar-refractivity contribution in [1.82, 2.24) is 0 Å². The van der Waals surface area contributed by atoms with Crippen molar-refractivity contribution in [2.45, 2.75) is 63.7 Å². The summed E-state index contributed by atoms with van der Waals surface area (Å²) in [6.45, 7) is 5.02. The third-order valence-electron chi connectivity index (χ3n) is 8.45. The molecule has 27 heavy (non-hydrogen) atoms. The summed E-state index contributed by atoms with van der Waals surface area (Å²) in [6, 6.07) is 10.6. The number of hydrogen-bond donors (Lipinski definition) is 0. The molecular weight excluding hydrogens is 348 g/mol. The summed E-state index contributed by atoms with van der Waals surface area (Å²) in [4.78, 5) is 15.0. The average Bonchev–Trinajstić information content (AvgIpc) is 3.05. The molecule has 1 aromatic carbocycles. The summed E-state index contributed by atoms with van der Waals surface area (Å²) >= 11 is 1.83. The zero-order valence-electron chi connectivity index (χ0n) is 16.5. The molecule has 4 aliphatic rings. The van der Waals surface area contributed by atoms with Crippen LogP contribution in [0.2, 0.25) is 0 Å². The predicted octanol–water partition coefficient (Wildman–Crippen LogP) is 6.80. The Morgan fingerprint density at radius 3 is 2.59 bits per heavy atom. The third kappa shape index (κ3) is 2.70. The first-order valence-electron chi connectivity index (χ1n) is 10.7. The summed E-state index contributed by atoms with van der Waals surface area (Å²) in [5.41, 5.74) is 2.05. The standard InChI is InChI=1S/C25H30OS/c1-24-13-6-9-21(24)20-11-10-17-15-18(26)16-23(25(17,2)22(20)12-14-24)27-19-7-4-3-5-8-19/h3-5,7-8,15-16,20-22H,6,9-14H2,1-2H3/t20-,21-,22-,24-,25-/m0/s1. The van der Waals surface area contributed by atoms with Gasteiger partial charge in [-0.15, -0.1) is 0 Å². The minimum atomic E-state index is 0.0568. The van der Waals surface area contributed by atoms with Crippen LogP contribution < -0.4 is 0 Å². The summed E-state index contributed by atoms with van der Waals surface area (Å²) in [6.07, 6.45) is 13.3. The fourth-order valence-corrected chi connectivity index (χ4v) is 8.24. The molecular formula is C25H30OS. The van der Waals surface area contributed by atoms with Crippen LogP contribution in [0.15, 0.2) is 57.9 Å². The van der Waals surface area contributed by atoms with Crippen molar-refractivity contribution >= 4 is 17.5 Å². The van der Waals surface area contributed by atoms with Gasteiger partial charge in [-0.1, -0.05) is 55.8 Å². The first-order chi connectivity index (χ1) is 13.0. The van der Waals surface area contributed by atoms with E-state index in [1.54, 1.807) is 0 Å². The minimum absolute atomic E-state index is 0.0568. The van der Waals surface area contributed by atoms with Gasteiger partial charge in [0.1, 0.15) is 0 Å². The smallest absolute Gasteiger partial charge is 0.179 e. The van der Waals surface area contributed by atoms with Crippen molar-refractivity contribution in [2.75, 3.05) is 0 Å². The molecule has 3 fully saturated rings. The van der Waals surface area contributed by atoms with Gasteiger partial charge in [0.15, 0.2) is 5.78 Å². The van der Waals surface area contributed by atoms with Crippen molar-refractivity contribution < 1.29 is 4.79 Å². The van der Waals surface area contributed by atoms with Gasteiger partial charge in [-0.25, -0.2) is 0 Å². The highest BCUT2D eigenvalue weighted by molar-refractivity contribution is 8.03. The zero-order chi connectivity index (χ0) is 18.6. The summed E-state index contributed by atoms with van der Waals surface area (Å²) in [7, 11) is 0. The van der Waals surface area contributed by atoms with Crippen LogP contribution in [0.25, 0.3) is 0 Å². The van der Waals surface area contributed by atoms with E-state index in [-0.39, 0.29) is 11.2 Å². The van der Waals surface area contributed by atoms with Crippen molar-refractivity contribution in [3.05, 3.63) is 53.0 Å². The van der Waals surface area contributed by atoms with Gasteiger partial charge < -0.3 is 0 Å². The first kappa shape index (κ1) is 17.8. The number of fused-ring (bicyclic) bond motifs is 5. The van der Waals surface area contributed by atoms with Gasteiger partial charge in [0.25, 0.3) is 0 Å². The molecule has 0 N–H and O–H groups in total. The number of ketones is 1. The van der Waals surface area contributed by atoms with Crippen LogP contribution in [0.5, 0.6) is 0 Å². The molecule has 0 radical (unpaired) electrons. The summed E-state index contributed by atoms with van der Waals surface area (Å²) < 4.78 is 0. The molecule has 4 aliphatic carbocycles. The lowest BCUT2D eigenvalue weighted by Gasteiger charge is -2.57. The number of benzene rings is 1. The molecule has 0 aromatic heterocycles. The second-order valence-corrected chi connectivity index (χ2v) is 10.8. The molecule has 0 saturated heterocycles. The quantitative estimate of drug-likeness (QED) is 0.562. The Morgan fingerprint density at radius 1 is 0.963 bits per heavy atom. The molecule has 5 rings (SSSR count). The maximum Gasteiger partial charge on any atom is 0.179 e. The van der Waals surface area contributed by atoms with Crippen LogP contribution in [0.1, 0.15) is 58.8 Å². The van der Waals surface area contributed by atoms with E-state index in [0.29, 0.717) is 11.3 Å². The molecule has 0 bridgehead atoms. The molecule has 3 saturated carbocycles. The Labute approximate surface area is 167 Å². The first-order valence-corrected chi connectivity index (χ1v) is 11.5. The van der Waals surface area contributed by atoms with Gasteiger partial charge in [0, 0.05) is 15.2 Å². The van der Waals surface area contributed by atoms with Gasteiger partial charge in [0.05, 0.1) is 0 Å². The van der Waals surface area contributed by atoms with Gasteiger partial charge in [-0.05, 0) is 86.0 Å². The van der Waals surface area contributed by atoms with Crippen molar-refractivity contribution in [3.63, 3.8) is 0 Å². The molecule has 0 unspecified atom stereocenters. The lowest BCUT2D eigenvalue weighted by atomic mass is 9.48. The maximum absolute atomic E-state index is 12.5. The molecule has 0 amide bonds. The normalized spacial score (nSPS) is 40.5. The molecule has 0 heterocycles. The zero-order valence-corrected chi connectivity index (χ0v) is 17.4. The molecule has 1 nitrogen and oxygen atoms in total. The predicted molar refractivity (Wildman–Crippen MR) is 112 cm³/mol. The van der Waals surface area contributed by atoms with E-state index in [0.717, 1.165) is 18.3 Å². The Morgan fingerprint density at radius 2 is 1.78 bits per heavy atom. The van der Waals surface area contributed by atoms with Gasteiger partial charge in [0.2, 0.25) is 0 Å². The molecule has 2 heteroatoms. The topological polar surface area (TPSA) is 17.1 Å².